The van der Waals surface area contributed by atoms with Crippen LogP contribution in [0.15, 0.2) is 54.9 Å². The molecule has 3 aromatic rings. The summed E-state index contributed by atoms with van der Waals surface area (Å²) < 4.78 is 6.92. The summed E-state index contributed by atoms with van der Waals surface area (Å²) in [6.45, 7) is 2.65. The molecule has 1 amide bonds. The van der Waals surface area contributed by atoms with Crippen molar-refractivity contribution >= 4 is 11.7 Å². The van der Waals surface area contributed by atoms with Crippen LogP contribution in [-0.2, 0) is 13.0 Å². The number of pyridine rings is 1. The van der Waals surface area contributed by atoms with Crippen molar-refractivity contribution in [1.29, 1.82) is 0 Å². The number of benzene rings is 1. The quantitative estimate of drug-likeness (QED) is 0.751. The predicted molar refractivity (Wildman–Crippen MR) is 95.9 cm³/mol. The summed E-state index contributed by atoms with van der Waals surface area (Å²) in [6.07, 6.45) is 4.34. The number of anilines is 1. The van der Waals surface area contributed by atoms with Crippen LogP contribution in [0.5, 0.6) is 5.75 Å². The van der Waals surface area contributed by atoms with E-state index in [1.54, 1.807) is 30.1 Å². The minimum Gasteiger partial charge on any atom is -0.497 e. The van der Waals surface area contributed by atoms with Gasteiger partial charge >= 0.3 is 0 Å². The summed E-state index contributed by atoms with van der Waals surface area (Å²) in [5.74, 6) is 1.06. The van der Waals surface area contributed by atoms with E-state index < -0.39 is 0 Å². The van der Waals surface area contributed by atoms with Gasteiger partial charge in [-0.3, -0.25) is 14.5 Å². The molecule has 2 aromatic heterocycles. The number of methoxy groups -OCH3 is 1. The Morgan fingerprint density at radius 2 is 1.96 bits per heavy atom. The second-order valence-electron chi connectivity index (χ2n) is 5.60. The molecule has 0 fully saturated rings. The van der Waals surface area contributed by atoms with Crippen LogP contribution < -0.4 is 10.1 Å². The number of ether oxygens (including phenoxy) is 1. The molecule has 128 valence electrons. The highest BCUT2D eigenvalue weighted by atomic mass is 16.5. The first kappa shape index (κ1) is 16.7. The third-order valence-corrected chi connectivity index (χ3v) is 3.85. The molecule has 0 saturated carbocycles. The van der Waals surface area contributed by atoms with Crippen molar-refractivity contribution < 1.29 is 9.53 Å². The van der Waals surface area contributed by atoms with Gasteiger partial charge in [0.15, 0.2) is 5.82 Å². The number of nitrogens with one attached hydrogen (secondary N) is 1. The van der Waals surface area contributed by atoms with Crippen LogP contribution in [0.4, 0.5) is 5.82 Å². The molecular weight excluding hydrogens is 316 g/mol. The second kappa shape index (κ2) is 7.61. The summed E-state index contributed by atoms with van der Waals surface area (Å²) in [7, 11) is 1.64. The van der Waals surface area contributed by atoms with Crippen molar-refractivity contribution in [3.63, 3.8) is 0 Å². The van der Waals surface area contributed by atoms with E-state index in [2.05, 4.69) is 15.4 Å². The first-order valence-electron chi connectivity index (χ1n) is 8.10. The second-order valence-corrected chi connectivity index (χ2v) is 5.60. The third-order valence-electron chi connectivity index (χ3n) is 3.85. The van der Waals surface area contributed by atoms with Crippen molar-refractivity contribution in [2.75, 3.05) is 12.4 Å². The molecule has 6 heteroatoms. The van der Waals surface area contributed by atoms with E-state index >= 15 is 0 Å². The van der Waals surface area contributed by atoms with Gasteiger partial charge in [0.05, 0.1) is 13.7 Å². The summed E-state index contributed by atoms with van der Waals surface area (Å²) in [5.41, 5.74) is 2.56. The smallest absolute Gasteiger partial charge is 0.275 e. The van der Waals surface area contributed by atoms with E-state index in [1.807, 2.05) is 43.5 Å². The van der Waals surface area contributed by atoms with E-state index in [9.17, 15) is 4.79 Å². The number of hydrogen-bond donors (Lipinski definition) is 1. The minimum absolute atomic E-state index is 0.259. The van der Waals surface area contributed by atoms with Gasteiger partial charge in [0.25, 0.3) is 5.91 Å². The van der Waals surface area contributed by atoms with Gasteiger partial charge in [0.1, 0.15) is 11.4 Å². The fraction of sp³-hybridized carbons (Fsp3) is 0.211. The first-order valence-corrected chi connectivity index (χ1v) is 8.10. The lowest BCUT2D eigenvalue weighted by molar-refractivity contribution is 0.102. The Hall–Kier alpha value is -3.15. The molecule has 0 aliphatic carbocycles. The van der Waals surface area contributed by atoms with Gasteiger partial charge in [-0.1, -0.05) is 19.1 Å². The topological polar surface area (TPSA) is 69.0 Å². The fourth-order valence-electron chi connectivity index (χ4n) is 2.43. The maximum atomic E-state index is 12.3. The maximum absolute atomic E-state index is 12.3. The number of aryl methyl sites for hydroxylation is 1. The number of carbonyl (C=O) groups excluding carboxylic acids is 1. The third kappa shape index (κ3) is 4.23. The molecule has 2 heterocycles. The lowest BCUT2D eigenvalue weighted by atomic mass is 10.2. The molecule has 0 unspecified atom stereocenters. The highest BCUT2D eigenvalue weighted by Crippen LogP contribution is 2.13. The van der Waals surface area contributed by atoms with Crippen LogP contribution in [0.3, 0.4) is 0 Å². The molecular formula is C19H20N4O2. The van der Waals surface area contributed by atoms with E-state index in [0.717, 1.165) is 23.3 Å². The van der Waals surface area contributed by atoms with Crippen molar-refractivity contribution in [3.8, 4) is 5.75 Å². The Bertz CT molecular complexity index is 856. The lowest BCUT2D eigenvalue weighted by Crippen LogP contribution is -2.14. The zero-order valence-electron chi connectivity index (χ0n) is 14.3. The van der Waals surface area contributed by atoms with Gasteiger partial charge in [0.2, 0.25) is 0 Å². The fourth-order valence-corrected chi connectivity index (χ4v) is 2.43. The predicted octanol–water partition coefficient (Wildman–Crippen LogP) is 3.15. The van der Waals surface area contributed by atoms with Crippen molar-refractivity contribution in [3.05, 3.63) is 71.7 Å². The van der Waals surface area contributed by atoms with Crippen molar-refractivity contribution in [1.82, 2.24) is 14.8 Å². The molecule has 0 spiro atoms. The summed E-state index contributed by atoms with van der Waals surface area (Å²) in [4.78, 5) is 16.4. The van der Waals surface area contributed by atoms with Crippen LogP contribution in [0.2, 0.25) is 0 Å². The zero-order chi connectivity index (χ0) is 17.6. The Balaban J connectivity index is 1.65. The van der Waals surface area contributed by atoms with Gasteiger partial charge < -0.3 is 10.1 Å². The van der Waals surface area contributed by atoms with Gasteiger partial charge in [-0.25, -0.2) is 0 Å². The average molecular weight is 336 g/mol. The minimum atomic E-state index is -0.259. The van der Waals surface area contributed by atoms with Crippen molar-refractivity contribution in [2.45, 2.75) is 19.9 Å². The number of aromatic nitrogens is 3. The summed E-state index contributed by atoms with van der Waals surface area (Å²) in [5, 5.41) is 7.16. The van der Waals surface area contributed by atoms with Gasteiger partial charge in [-0.2, -0.15) is 5.10 Å². The standard InChI is InChI=1S/C19H20N4O2/c1-3-14-8-10-20-17(12-14)19(24)21-18-9-11-23(22-18)13-15-4-6-16(25-2)7-5-15/h4-12H,3,13H2,1-2H3,(H,21,22,24). The Morgan fingerprint density at radius 1 is 1.16 bits per heavy atom. The molecule has 6 nitrogen and oxygen atoms in total. The van der Waals surface area contributed by atoms with Crippen LogP contribution >= 0.6 is 0 Å². The van der Waals surface area contributed by atoms with Crippen molar-refractivity contribution in [2.24, 2.45) is 0 Å². The van der Waals surface area contributed by atoms with E-state index in [1.165, 1.54) is 0 Å². The monoisotopic (exact) mass is 336 g/mol. The molecule has 1 N–H and O–H groups in total. The molecule has 0 radical (unpaired) electrons. The van der Waals surface area contributed by atoms with E-state index in [-0.39, 0.29) is 5.91 Å². The van der Waals surface area contributed by atoms with Crippen LogP contribution in [0.25, 0.3) is 0 Å². The van der Waals surface area contributed by atoms with E-state index in [0.29, 0.717) is 18.1 Å². The van der Waals surface area contributed by atoms with Gasteiger partial charge in [0, 0.05) is 18.5 Å². The molecule has 0 bridgehead atoms. The number of carbonyl (C=O) groups is 1. The van der Waals surface area contributed by atoms with Gasteiger partial charge in [-0.15, -0.1) is 0 Å². The summed E-state index contributed by atoms with van der Waals surface area (Å²) >= 11 is 0. The molecule has 0 aliphatic heterocycles. The molecule has 0 saturated heterocycles. The number of amides is 1. The van der Waals surface area contributed by atoms with Crippen LogP contribution in [-0.4, -0.2) is 27.8 Å². The highest BCUT2D eigenvalue weighted by molar-refractivity contribution is 6.02. The number of nitrogens with zero attached hydrogens (tertiary/aromatic N) is 3. The summed E-state index contributed by atoms with van der Waals surface area (Å²) in [6, 6.07) is 13.3. The van der Waals surface area contributed by atoms with E-state index in [4.69, 9.17) is 4.74 Å². The van der Waals surface area contributed by atoms with Gasteiger partial charge in [-0.05, 0) is 41.8 Å². The average Bonchev–Trinajstić information content (AvgIpc) is 3.09. The lowest BCUT2D eigenvalue weighted by Gasteiger charge is -2.05. The highest BCUT2D eigenvalue weighted by Gasteiger charge is 2.10. The molecule has 1 aromatic carbocycles. The number of rotatable bonds is 6. The molecule has 25 heavy (non-hydrogen) atoms. The SMILES string of the molecule is CCc1ccnc(C(=O)Nc2ccn(Cc3ccc(OC)cc3)n2)c1. The first-order chi connectivity index (χ1) is 12.2. The Labute approximate surface area is 146 Å². The maximum Gasteiger partial charge on any atom is 0.275 e. The largest absolute Gasteiger partial charge is 0.497 e. The normalized spacial score (nSPS) is 10.5. The van der Waals surface area contributed by atoms with Crippen LogP contribution in [0.1, 0.15) is 28.5 Å². The molecule has 0 aliphatic rings. The molecule has 0 atom stereocenters. The zero-order valence-corrected chi connectivity index (χ0v) is 14.3. The molecule has 3 rings (SSSR count). The number of hydrogen-bond acceptors (Lipinski definition) is 4. The Kier molecular flexibility index (Phi) is 5.09. The Morgan fingerprint density at radius 3 is 2.68 bits per heavy atom. The van der Waals surface area contributed by atoms with Crippen LogP contribution in [0, 0.1) is 0 Å².